The van der Waals surface area contributed by atoms with Crippen LogP contribution >= 0.6 is 0 Å². The highest BCUT2D eigenvalue weighted by molar-refractivity contribution is 6.39. The van der Waals surface area contributed by atoms with Gasteiger partial charge in [-0.05, 0) is 155 Å². The molecule has 15 atom stereocenters. The zero-order valence-electron chi connectivity index (χ0n) is 75.5. The van der Waals surface area contributed by atoms with E-state index >= 15 is 0 Å². The van der Waals surface area contributed by atoms with Crippen LogP contribution in [0.5, 0.6) is 0 Å². The average Bonchev–Trinajstić information content (AvgIpc) is 1.34. The standard InChI is InChI=1S/C94H128N16O18/c1-58-19-12-11-13-20-59(2)77(120-8)51-71-28-24-64(7)94(119,128-71)87(116)90(117)109-34-16-14-23-73(109)91(118)126-78(52-74(111)60(3)46-63(6)85(115)86(122-10)84(114)62(5)45-58)61(4)47-65-25-29-76(79(49-65)121-9)125-56-66-21-18-22-67(48-66)69-53-98-93(99-54-69)107-38-36-106(37-39-107)81(113)31-27-70-55-108(105-103-70)40-42-124-44-43-123-41-32-80(112)97-33-15-17-35-110-89-82(88(95)100-57-101-89)83(104-110)68-26-30-75-72(50-68)102-92(96)127-75/h11-13,18-22,26,30,46,48,50,53-55,57-58,60-62,64-65,71,73,76-79,85-86,115,119H,14-17,23-25,27-29,31-45,47,49,51-52,56H2,1-10H3,(H2,96,102)(H,97,112)(H2,95,100,101)/b13-11+,19-12+,59-20+,63-46+/t58-,60-,61-,62-,64-,65+,71+,73+,76-,77+,78?,79-,85-,86+,94-/m1/s1. The average molecular weight is 1770 g/mol. The van der Waals surface area contributed by atoms with Gasteiger partial charge in [0.25, 0.3) is 17.7 Å². The number of allylic oxidation sites excluding steroid dienone is 6. The summed E-state index contributed by atoms with van der Waals surface area (Å²) in [5, 5.41) is 40.9. The second-order valence-electron chi connectivity index (χ2n) is 35.0. The maximum atomic E-state index is 14.9. The summed E-state index contributed by atoms with van der Waals surface area (Å²) in [6.45, 7) is 18.1. The summed E-state index contributed by atoms with van der Waals surface area (Å²) in [7, 11) is 4.63. The molecule has 3 amide bonds. The van der Waals surface area contributed by atoms with Crippen LogP contribution in [0.2, 0.25) is 0 Å². The minimum absolute atomic E-state index is 0.0138. The summed E-state index contributed by atoms with van der Waals surface area (Å²) in [4.78, 5) is 126. The predicted molar refractivity (Wildman–Crippen MR) is 478 cm³/mol. The van der Waals surface area contributed by atoms with Gasteiger partial charge in [-0.1, -0.05) is 94.5 Å². The van der Waals surface area contributed by atoms with Crippen molar-refractivity contribution in [2.45, 2.75) is 232 Å². The summed E-state index contributed by atoms with van der Waals surface area (Å²) >= 11 is 0. The monoisotopic (exact) mass is 1770 g/mol. The number of nitrogens with zero attached hydrogens (tertiary/aromatic N) is 13. The molecule has 4 fully saturated rings. The lowest BCUT2D eigenvalue weighted by Gasteiger charge is -2.42. The third-order valence-corrected chi connectivity index (χ3v) is 25.6. The van der Waals surface area contributed by atoms with Crippen molar-refractivity contribution in [1.29, 1.82) is 0 Å². The lowest BCUT2D eigenvalue weighted by atomic mass is 9.78. The number of aryl methyl sites for hydroxylation is 2. The van der Waals surface area contributed by atoms with Crippen LogP contribution in [0.1, 0.15) is 162 Å². The minimum Gasteiger partial charge on any atom is -0.460 e. The van der Waals surface area contributed by atoms with Gasteiger partial charge in [0.2, 0.25) is 23.5 Å². The molecule has 5 aliphatic rings. The number of oxazole rings is 1. The van der Waals surface area contributed by atoms with E-state index in [1.807, 2.05) is 112 Å². The molecule has 12 rings (SSSR count). The number of nitrogens with two attached hydrogens (primary N) is 2. The first-order chi connectivity index (χ1) is 61.7. The third-order valence-electron chi connectivity index (χ3n) is 25.6. The number of aliphatic hydroxyl groups excluding tert-OH is 1. The number of esters is 1. The fourth-order valence-electron chi connectivity index (χ4n) is 17.9. The third kappa shape index (κ3) is 25.4. The first-order valence-corrected chi connectivity index (χ1v) is 45.2. The molecule has 1 unspecified atom stereocenters. The Hall–Kier alpha value is -10.4. The van der Waals surface area contributed by atoms with Crippen molar-refractivity contribution in [3.63, 3.8) is 0 Å². The number of Topliss-reactive ketones (excluding diaryl/α,β-unsaturated/α-hetero) is 3. The number of methoxy groups -OCH3 is 3. The van der Waals surface area contributed by atoms with Gasteiger partial charge >= 0.3 is 5.97 Å². The second-order valence-corrected chi connectivity index (χ2v) is 35.0. The van der Waals surface area contributed by atoms with Crippen molar-refractivity contribution in [3.05, 3.63) is 126 Å². The predicted octanol–water partition coefficient (Wildman–Crippen LogP) is 9.87. The first-order valence-electron chi connectivity index (χ1n) is 45.2. The van der Waals surface area contributed by atoms with Crippen molar-refractivity contribution in [2.24, 2.45) is 35.5 Å². The number of hydrogen-bond acceptors (Lipinski definition) is 29. The molecular formula is C94H128N16O18. The number of anilines is 3. The molecule has 0 radical (unpaired) electrons. The highest BCUT2D eigenvalue weighted by Crippen LogP contribution is 2.40. The number of aromatic nitrogens is 10. The molecule has 34 heteroatoms. The van der Waals surface area contributed by atoms with Crippen LogP contribution in [-0.4, -0.2) is 252 Å². The molecule has 692 valence electrons. The molecule has 7 N–H and O–H groups in total. The van der Waals surface area contributed by atoms with Crippen molar-refractivity contribution in [2.75, 3.05) is 103 Å². The van der Waals surface area contributed by atoms with Crippen molar-refractivity contribution < 1.29 is 86.1 Å². The van der Waals surface area contributed by atoms with Gasteiger partial charge in [-0.3, -0.25) is 28.8 Å². The number of benzene rings is 2. The Morgan fingerprint density at radius 3 is 2.34 bits per heavy atom. The fraction of sp³-hybridized carbons (Fsp3) is 0.585. The normalized spacial score (nSPS) is 27.1. The molecule has 34 nitrogen and oxygen atoms in total. The zero-order valence-corrected chi connectivity index (χ0v) is 75.5. The van der Waals surface area contributed by atoms with Crippen LogP contribution < -0.4 is 21.7 Å². The molecule has 3 saturated heterocycles. The number of ether oxygens (including phenoxy) is 8. The maximum absolute atomic E-state index is 14.9. The van der Waals surface area contributed by atoms with E-state index in [-0.39, 0.29) is 92.3 Å². The summed E-state index contributed by atoms with van der Waals surface area (Å²) in [6, 6.07) is 12.4. The minimum atomic E-state index is -2.48. The van der Waals surface area contributed by atoms with Gasteiger partial charge in [-0.25, -0.2) is 34.1 Å². The van der Waals surface area contributed by atoms with Crippen molar-refractivity contribution >= 4 is 81.0 Å². The quantitative estimate of drug-likeness (QED) is 0.0126. The number of carbonyl (C=O) groups is 7. The van der Waals surface area contributed by atoms with Crippen LogP contribution in [0, 0.1) is 35.5 Å². The van der Waals surface area contributed by atoms with E-state index in [1.54, 1.807) is 56.5 Å². The number of ketones is 3. The van der Waals surface area contributed by atoms with E-state index in [4.69, 9.17) is 68.8 Å². The van der Waals surface area contributed by atoms with Gasteiger partial charge in [-0.2, -0.15) is 10.1 Å². The number of rotatable bonds is 29. The maximum Gasteiger partial charge on any atom is 0.329 e. The number of cyclic esters (lactones) is 1. The first kappa shape index (κ1) is 96.6. The SMILES string of the molecule is CO[C@H]1C[C@@H]2CC[C@@H](C)[C@@](O)(O2)C(=O)C(=O)N2CCCC[C@H]2C(=O)OC([C@H](C)C[C@@H]2CC[C@@H](OCc3cccc(-c4cnc(N5CCN(C(=O)CCc6cn(CCOCCOCCC(=O)NCCCCn7nc(-c8ccc9oc(N)nc9c8)c8c(N)ncnc87)nn6)CC5)nc4)c3)[C@H](OC)C2)CC(=O)[C@H](C)/C=C(\C)[C@@H](O)[C@@H](OC)C(=O)[C@H](C)C[C@H](C)/C=C/C=C/C=C/1C. The van der Waals surface area contributed by atoms with E-state index in [2.05, 4.69) is 41.5 Å². The molecule has 5 aromatic heterocycles. The van der Waals surface area contributed by atoms with Gasteiger partial charge in [0.1, 0.15) is 53.5 Å². The number of piperidine rings is 1. The molecule has 4 aliphatic heterocycles. The van der Waals surface area contributed by atoms with Gasteiger partial charge in [0.15, 0.2) is 17.0 Å². The summed E-state index contributed by atoms with van der Waals surface area (Å²) in [5.74, 6) is -7.56. The number of unbranched alkanes of at least 4 members (excludes halogenated alkanes) is 1. The fourth-order valence-corrected chi connectivity index (χ4v) is 17.9. The van der Waals surface area contributed by atoms with Crippen molar-refractivity contribution in [1.82, 2.24) is 64.8 Å². The van der Waals surface area contributed by atoms with Crippen LogP contribution in [0.4, 0.5) is 17.8 Å². The molecule has 1 aliphatic carbocycles. The Morgan fingerprint density at radius 2 is 1.56 bits per heavy atom. The van der Waals surface area contributed by atoms with E-state index in [9.17, 15) is 43.8 Å². The second kappa shape index (κ2) is 46.2. The number of nitrogen functional groups attached to an aromatic ring is 2. The number of piperazine rings is 1. The molecule has 0 spiro atoms. The zero-order chi connectivity index (χ0) is 91.1. The highest BCUT2D eigenvalue weighted by Gasteiger charge is 2.53. The van der Waals surface area contributed by atoms with Crippen LogP contribution in [-0.2, 0) is 97.6 Å². The molecule has 2 aromatic carbocycles. The number of fused-ring (bicyclic) bond motifs is 5. The van der Waals surface area contributed by atoms with Gasteiger partial charge in [0, 0.05) is 147 Å². The summed E-state index contributed by atoms with van der Waals surface area (Å²) < 4.78 is 57.5. The number of nitrogens with one attached hydrogen (secondary N) is 1. The molecule has 128 heavy (non-hydrogen) atoms. The summed E-state index contributed by atoms with van der Waals surface area (Å²) in [5.41, 5.74) is 19.9. The molecule has 2 bridgehead atoms. The Labute approximate surface area is 747 Å². The van der Waals surface area contributed by atoms with Crippen molar-refractivity contribution in [3.8, 4) is 22.4 Å². The van der Waals surface area contributed by atoms with E-state index < -0.39 is 83.7 Å². The Bertz CT molecular complexity index is 5040. The number of amides is 3. The number of carbonyl (C=O) groups excluding carboxylic acids is 7. The molecule has 1 saturated carbocycles. The van der Waals surface area contributed by atoms with Gasteiger partial charge in [0.05, 0.1) is 75.1 Å². The Kier molecular flexibility index (Phi) is 34.9. The van der Waals surface area contributed by atoms with E-state index in [0.29, 0.717) is 194 Å². The van der Waals surface area contributed by atoms with Crippen LogP contribution in [0.3, 0.4) is 0 Å². The van der Waals surface area contributed by atoms with E-state index in [0.717, 1.165) is 40.7 Å². The van der Waals surface area contributed by atoms with E-state index in [1.165, 1.54) is 18.3 Å². The van der Waals surface area contributed by atoms with Gasteiger partial charge < -0.3 is 84.0 Å². The number of hydrogen-bond donors (Lipinski definition) is 5. The summed E-state index contributed by atoms with van der Waals surface area (Å²) in [6.07, 6.45) is 20.5. The molecular weight excluding hydrogens is 1640 g/mol. The largest absolute Gasteiger partial charge is 0.460 e. The molecule has 9 heterocycles. The Balaban J connectivity index is 0.566. The van der Waals surface area contributed by atoms with Crippen LogP contribution in [0.15, 0.2) is 119 Å². The molecule has 7 aromatic rings. The Morgan fingerprint density at radius 1 is 0.773 bits per heavy atom. The lowest BCUT2D eigenvalue weighted by molar-refractivity contribution is -0.265. The van der Waals surface area contributed by atoms with Gasteiger partial charge in [-0.15, -0.1) is 5.10 Å². The topological polar surface area (TPSA) is 434 Å². The smallest absolute Gasteiger partial charge is 0.329 e. The number of aliphatic hydroxyl groups is 2. The highest BCUT2D eigenvalue weighted by atomic mass is 16.6. The van der Waals surface area contributed by atoms with Crippen LogP contribution in [0.25, 0.3) is 44.5 Å². The lowest BCUT2D eigenvalue weighted by Crippen LogP contribution is -2.61.